The smallest absolute Gasteiger partial charge is 0.0133 e. The average molecular weight is 204 g/mol. The molecule has 2 aliphatic carbocycles. The second-order valence-corrected chi connectivity index (χ2v) is 5.79. The van der Waals surface area contributed by atoms with Crippen molar-refractivity contribution in [1.82, 2.24) is 0 Å². The first-order valence-electron chi connectivity index (χ1n) is 6.49. The van der Waals surface area contributed by atoms with Gasteiger partial charge in [0, 0.05) is 0 Å². The Kier molecular flexibility index (Phi) is 3.04. The van der Waals surface area contributed by atoms with Crippen LogP contribution in [0.5, 0.6) is 0 Å². The van der Waals surface area contributed by atoms with Gasteiger partial charge in [-0.25, -0.2) is 0 Å². The molecule has 0 unspecified atom stereocenters. The first kappa shape index (κ1) is 11.0. The number of allylic oxidation sites excluding steroid dienone is 4. The second kappa shape index (κ2) is 4.15. The molecule has 0 aromatic heterocycles. The highest BCUT2D eigenvalue weighted by Crippen LogP contribution is 2.43. The van der Waals surface area contributed by atoms with E-state index in [0.29, 0.717) is 0 Å². The van der Waals surface area contributed by atoms with Crippen molar-refractivity contribution >= 4 is 0 Å². The first-order chi connectivity index (χ1) is 7.09. The van der Waals surface area contributed by atoms with Crippen LogP contribution in [0.1, 0.15) is 53.4 Å². The van der Waals surface area contributed by atoms with Gasteiger partial charge in [-0.15, -0.1) is 0 Å². The fourth-order valence-corrected chi connectivity index (χ4v) is 3.26. The van der Waals surface area contributed by atoms with Gasteiger partial charge in [0.1, 0.15) is 0 Å². The molecule has 84 valence electrons. The zero-order valence-electron chi connectivity index (χ0n) is 10.6. The van der Waals surface area contributed by atoms with Crippen LogP contribution >= 0.6 is 0 Å². The highest BCUT2D eigenvalue weighted by molar-refractivity contribution is 5.36. The third kappa shape index (κ3) is 2.04. The number of hydrogen-bond acceptors (Lipinski definition) is 0. The van der Waals surface area contributed by atoms with Crippen molar-refractivity contribution in [2.75, 3.05) is 0 Å². The molecule has 0 amide bonds. The summed E-state index contributed by atoms with van der Waals surface area (Å²) in [4.78, 5) is 0. The third-order valence-electron chi connectivity index (χ3n) is 4.27. The van der Waals surface area contributed by atoms with Crippen LogP contribution in [0.4, 0.5) is 0 Å². The van der Waals surface area contributed by atoms with E-state index in [-0.39, 0.29) is 0 Å². The van der Waals surface area contributed by atoms with Gasteiger partial charge in [-0.2, -0.15) is 0 Å². The largest absolute Gasteiger partial charge is 0.0730 e. The van der Waals surface area contributed by atoms with Gasteiger partial charge in [-0.3, -0.25) is 0 Å². The van der Waals surface area contributed by atoms with E-state index in [4.69, 9.17) is 0 Å². The highest BCUT2D eigenvalue weighted by Gasteiger charge is 2.30. The lowest BCUT2D eigenvalue weighted by Gasteiger charge is -2.37. The Morgan fingerprint density at radius 2 is 1.93 bits per heavy atom. The minimum atomic E-state index is 0.747. The first-order valence-corrected chi connectivity index (χ1v) is 6.49. The van der Waals surface area contributed by atoms with Gasteiger partial charge < -0.3 is 0 Å². The van der Waals surface area contributed by atoms with Crippen LogP contribution in [0.25, 0.3) is 0 Å². The molecular formula is C15H24. The second-order valence-electron chi connectivity index (χ2n) is 5.79. The van der Waals surface area contributed by atoms with Crippen molar-refractivity contribution in [2.24, 2.45) is 17.8 Å². The van der Waals surface area contributed by atoms with E-state index >= 15 is 0 Å². The van der Waals surface area contributed by atoms with Gasteiger partial charge in [-0.1, -0.05) is 38.0 Å². The predicted octanol–water partition coefficient (Wildman–Crippen LogP) is 4.73. The minimum Gasteiger partial charge on any atom is -0.0730 e. The summed E-state index contributed by atoms with van der Waals surface area (Å²) in [6.45, 7) is 9.44. The van der Waals surface area contributed by atoms with Crippen LogP contribution in [0.15, 0.2) is 22.8 Å². The molecule has 0 aromatic carbocycles. The molecule has 0 heteroatoms. The van der Waals surface area contributed by atoms with E-state index in [1.807, 2.05) is 0 Å². The number of fused-ring (bicyclic) bond motifs is 1. The number of rotatable bonds is 1. The van der Waals surface area contributed by atoms with Crippen LogP contribution in [-0.2, 0) is 0 Å². The Bertz CT molecular complexity index is 304. The molecule has 0 nitrogen and oxygen atoms in total. The minimum absolute atomic E-state index is 0.747. The van der Waals surface area contributed by atoms with Crippen LogP contribution in [0, 0.1) is 17.8 Å². The van der Waals surface area contributed by atoms with Gasteiger partial charge in [0.2, 0.25) is 0 Å². The summed E-state index contributed by atoms with van der Waals surface area (Å²) in [7, 11) is 0. The van der Waals surface area contributed by atoms with E-state index < -0.39 is 0 Å². The Labute approximate surface area is 94.5 Å². The van der Waals surface area contributed by atoms with Crippen LogP contribution in [0.3, 0.4) is 0 Å². The SMILES string of the molecule is CC1=CC2=C(C(C)C)CC[C@H](C)[C@H]2CC1. The fraction of sp³-hybridized carbons (Fsp3) is 0.733. The Morgan fingerprint density at radius 1 is 1.20 bits per heavy atom. The summed E-state index contributed by atoms with van der Waals surface area (Å²) < 4.78 is 0. The lowest BCUT2D eigenvalue weighted by atomic mass is 9.68. The van der Waals surface area contributed by atoms with E-state index in [9.17, 15) is 0 Å². The molecule has 0 saturated carbocycles. The maximum atomic E-state index is 2.50. The molecule has 0 saturated heterocycles. The van der Waals surface area contributed by atoms with Crippen LogP contribution in [-0.4, -0.2) is 0 Å². The summed E-state index contributed by atoms with van der Waals surface area (Å²) in [5.74, 6) is 2.53. The van der Waals surface area contributed by atoms with E-state index in [2.05, 4.69) is 33.8 Å². The van der Waals surface area contributed by atoms with Crippen LogP contribution < -0.4 is 0 Å². The normalized spacial score (nSPS) is 31.7. The lowest BCUT2D eigenvalue weighted by molar-refractivity contribution is 0.330. The molecule has 2 atom stereocenters. The highest BCUT2D eigenvalue weighted by atomic mass is 14.3. The maximum absolute atomic E-state index is 2.50. The molecule has 0 bridgehead atoms. The van der Waals surface area contributed by atoms with Crippen molar-refractivity contribution in [1.29, 1.82) is 0 Å². The maximum Gasteiger partial charge on any atom is -0.0133 e. The zero-order chi connectivity index (χ0) is 11.0. The number of hydrogen-bond donors (Lipinski definition) is 0. The molecule has 2 aliphatic rings. The molecule has 0 fully saturated rings. The van der Waals surface area contributed by atoms with Gasteiger partial charge >= 0.3 is 0 Å². The van der Waals surface area contributed by atoms with E-state index in [1.165, 1.54) is 25.7 Å². The van der Waals surface area contributed by atoms with Crippen LogP contribution in [0.2, 0.25) is 0 Å². The van der Waals surface area contributed by atoms with Crippen molar-refractivity contribution in [2.45, 2.75) is 53.4 Å². The Hall–Kier alpha value is -0.520. The standard InChI is InChI=1S/C15H24/c1-10(2)13-8-6-12(4)14-7-5-11(3)9-15(13)14/h9-10,12,14H,5-8H2,1-4H3/t12-,14+/m0/s1. The lowest BCUT2D eigenvalue weighted by Crippen LogP contribution is -2.24. The predicted molar refractivity (Wildman–Crippen MR) is 66.7 cm³/mol. The molecule has 0 spiro atoms. The summed E-state index contributed by atoms with van der Waals surface area (Å²) in [6.07, 6.45) is 7.97. The Balaban J connectivity index is 2.40. The topological polar surface area (TPSA) is 0 Å². The van der Waals surface area contributed by atoms with E-state index in [0.717, 1.165) is 17.8 Å². The molecule has 0 heterocycles. The molecule has 0 aromatic rings. The monoisotopic (exact) mass is 204 g/mol. The summed E-state index contributed by atoms with van der Waals surface area (Å²) in [6, 6.07) is 0. The quantitative estimate of drug-likeness (QED) is 0.579. The Morgan fingerprint density at radius 3 is 2.60 bits per heavy atom. The van der Waals surface area contributed by atoms with E-state index in [1.54, 1.807) is 16.7 Å². The van der Waals surface area contributed by atoms with Gasteiger partial charge in [0.25, 0.3) is 0 Å². The summed E-state index contributed by atoms with van der Waals surface area (Å²) in [5.41, 5.74) is 5.05. The van der Waals surface area contributed by atoms with Crippen molar-refractivity contribution < 1.29 is 0 Å². The molecular weight excluding hydrogens is 180 g/mol. The van der Waals surface area contributed by atoms with Gasteiger partial charge in [-0.05, 0) is 55.9 Å². The van der Waals surface area contributed by atoms with Crippen molar-refractivity contribution in [3.05, 3.63) is 22.8 Å². The summed E-state index contributed by atoms with van der Waals surface area (Å²) in [5, 5.41) is 0. The zero-order valence-corrected chi connectivity index (χ0v) is 10.6. The molecule has 2 rings (SSSR count). The van der Waals surface area contributed by atoms with Crippen molar-refractivity contribution in [3.8, 4) is 0 Å². The van der Waals surface area contributed by atoms with Gasteiger partial charge in [0.05, 0.1) is 0 Å². The van der Waals surface area contributed by atoms with Crippen molar-refractivity contribution in [3.63, 3.8) is 0 Å². The molecule has 0 radical (unpaired) electrons. The summed E-state index contributed by atoms with van der Waals surface area (Å²) >= 11 is 0. The molecule has 15 heavy (non-hydrogen) atoms. The molecule has 0 N–H and O–H groups in total. The third-order valence-corrected chi connectivity index (χ3v) is 4.27. The molecule has 0 aliphatic heterocycles. The average Bonchev–Trinajstić information content (AvgIpc) is 2.17. The fourth-order valence-electron chi connectivity index (χ4n) is 3.26. The van der Waals surface area contributed by atoms with Gasteiger partial charge in [0.15, 0.2) is 0 Å².